The van der Waals surface area contributed by atoms with Crippen LogP contribution < -0.4 is 10.1 Å². The first-order valence-electron chi connectivity index (χ1n) is 5.48. The van der Waals surface area contributed by atoms with Crippen molar-refractivity contribution >= 4 is 5.82 Å². The quantitative estimate of drug-likeness (QED) is 0.913. The number of hydrogen-bond acceptors (Lipinski definition) is 5. The molecule has 0 unspecified atom stereocenters. The number of methoxy groups -OCH3 is 1. The molecule has 0 saturated carbocycles. The minimum atomic E-state index is -0.503. The van der Waals surface area contributed by atoms with Crippen LogP contribution in [-0.2, 0) is 0 Å². The summed E-state index contributed by atoms with van der Waals surface area (Å²) in [4.78, 5) is 8.23. The molecule has 2 rings (SSSR count). The Labute approximate surface area is 109 Å². The van der Waals surface area contributed by atoms with Gasteiger partial charge in [0.25, 0.3) is 0 Å². The Morgan fingerprint density at radius 2 is 2.11 bits per heavy atom. The highest BCUT2D eigenvalue weighted by Gasteiger charge is 2.09. The van der Waals surface area contributed by atoms with E-state index in [1.54, 1.807) is 13.1 Å². The first-order valence-corrected chi connectivity index (χ1v) is 5.48. The molecular formula is C13H11FN4O. The zero-order valence-electron chi connectivity index (χ0n) is 10.4. The van der Waals surface area contributed by atoms with E-state index in [0.717, 1.165) is 0 Å². The molecule has 0 fully saturated rings. The van der Waals surface area contributed by atoms with Gasteiger partial charge < -0.3 is 10.1 Å². The van der Waals surface area contributed by atoms with Crippen LogP contribution in [0.15, 0.2) is 24.3 Å². The third-order valence-corrected chi connectivity index (χ3v) is 2.51. The fraction of sp³-hybridized carbons (Fsp3) is 0.154. The standard InChI is InChI=1S/C13H11FN4O/c1-16-12-6-9(7-15)17-13(18-12)8-3-4-11(19-2)10(14)5-8/h3-6H,1-2H3,(H,16,17,18). The average molecular weight is 258 g/mol. The molecule has 1 N–H and O–H groups in total. The number of anilines is 1. The predicted octanol–water partition coefficient (Wildman–Crippen LogP) is 2.20. The van der Waals surface area contributed by atoms with E-state index < -0.39 is 5.82 Å². The first kappa shape index (κ1) is 12.8. The van der Waals surface area contributed by atoms with Gasteiger partial charge in [0, 0.05) is 18.7 Å². The number of nitrogens with zero attached hydrogens (tertiary/aromatic N) is 3. The van der Waals surface area contributed by atoms with Gasteiger partial charge in [0.15, 0.2) is 17.4 Å². The van der Waals surface area contributed by atoms with Crippen LogP contribution in [0.3, 0.4) is 0 Å². The zero-order valence-corrected chi connectivity index (χ0v) is 10.4. The van der Waals surface area contributed by atoms with Gasteiger partial charge in [-0.15, -0.1) is 0 Å². The van der Waals surface area contributed by atoms with Crippen LogP contribution in [0.1, 0.15) is 5.69 Å². The molecule has 2 aromatic rings. The van der Waals surface area contributed by atoms with Crippen LogP contribution in [0.2, 0.25) is 0 Å². The molecule has 0 radical (unpaired) electrons. The molecule has 0 aliphatic carbocycles. The first-order chi connectivity index (χ1) is 9.17. The molecule has 0 aliphatic rings. The number of nitrogens with one attached hydrogen (secondary N) is 1. The third-order valence-electron chi connectivity index (χ3n) is 2.51. The van der Waals surface area contributed by atoms with Gasteiger partial charge in [-0.2, -0.15) is 5.26 Å². The van der Waals surface area contributed by atoms with E-state index >= 15 is 0 Å². The Hall–Kier alpha value is -2.68. The minimum Gasteiger partial charge on any atom is -0.494 e. The molecule has 0 bridgehead atoms. The monoisotopic (exact) mass is 258 g/mol. The molecule has 0 aliphatic heterocycles. The average Bonchev–Trinajstić information content (AvgIpc) is 2.46. The van der Waals surface area contributed by atoms with Crippen LogP contribution in [0.5, 0.6) is 5.75 Å². The number of hydrogen-bond donors (Lipinski definition) is 1. The SMILES string of the molecule is CNc1cc(C#N)nc(-c2ccc(OC)c(F)c2)n1. The summed E-state index contributed by atoms with van der Waals surface area (Å²) in [5.41, 5.74) is 0.692. The van der Waals surface area contributed by atoms with Crippen molar-refractivity contribution in [3.8, 4) is 23.2 Å². The summed E-state index contributed by atoms with van der Waals surface area (Å²) < 4.78 is 18.5. The van der Waals surface area contributed by atoms with E-state index in [9.17, 15) is 4.39 Å². The largest absolute Gasteiger partial charge is 0.494 e. The lowest BCUT2D eigenvalue weighted by Gasteiger charge is -2.06. The Morgan fingerprint density at radius 1 is 1.32 bits per heavy atom. The van der Waals surface area contributed by atoms with Gasteiger partial charge in [-0.05, 0) is 18.2 Å². The van der Waals surface area contributed by atoms with Crippen molar-refractivity contribution in [2.45, 2.75) is 0 Å². The molecule has 1 heterocycles. The number of halogens is 1. The second kappa shape index (κ2) is 5.31. The maximum absolute atomic E-state index is 13.6. The molecule has 96 valence electrons. The van der Waals surface area contributed by atoms with Crippen molar-refractivity contribution in [1.29, 1.82) is 5.26 Å². The minimum absolute atomic E-state index is 0.147. The van der Waals surface area contributed by atoms with Gasteiger partial charge in [0.2, 0.25) is 0 Å². The lowest BCUT2D eigenvalue weighted by atomic mass is 10.2. The molecule has 0 spiro atoms. The molecule has 19 heavy (non-hydrogen) atoms. The summed E-state index contributed by atoms with van der Waals surface area (Å²) in [5.74, 6) is 0.425. The van der Waals surface area contributed by atoms with Crippen molar-refractivity contribution in [3.05, 3.63) is 35.8 Å². The van der Waals surface area contributed by atoms with Crippen molar-refractivity contribution in [3.63, 3.8) is 0 Å². The highest BCUT2D eigenvalue weighted by Crippen LogP contribution is 2.24. The van der Waals surface area contributed by atoms with Gasteiger partial charge >= 0.3 is 0 Å². The lowest BCUT2D eigenvalue weighted by Crippen LogP contribution is -1.99. The summed E-state index contributed by atoms with van der Waals surface area (Å²) in [6, 6.07) is 7.86. The van der Waals surface area contributed by atoms with Gasteiger partial charge in [-0.1, -0.05) is 0 Å². The van der Waals surface area contributed by atoms with Crippen molar-refractivity contribution in [1.82, 2.24) is 9.97 Å². The second-order valence-electron chi connectivity index (χ2n) is 3.67. The summed E-state index contributed by atoms with van der Waals surface area (Å²) in [6.07, 6.45) is 0. The summed E-state index contributed by atoms with van der Waals surface area (Å²) >= 11 is 0. The molecule has 0 saturated heterocycles. The molecule has 1 aromatic carbocycles. The number of aromatic nitrogens is 2. The van der Waals surface area contributed by atoms with Crippen LogP contribution in [0, 0.1) is 17.1 Å². The summed E-state index contributed by atoms with van der Waals surface area (Å²) in [7, 11) is 3.08. The molecule has 0 atom stereocenters. The van der Waals surface area contributed by atoms with E-state index in [1.807, 2.05) is 6.07 Å². The van der Waals surface area contributed by atoms with Crippen molar-refractivity contribution in [2.75, 3.05) is 19.5 Å². The Kier molecular flexibility index (Phi) is 3.57. The van der Waals surface area contributed by atoms with Crippen LogP contribution >= 0.6 is 0 Å². The van der Waals surface area contributed by atoms with Crippen LogP contribution in [0.4, 0.5) is 10.2 Å². The Bertz CT molecular complexity index is 652. The summed E-state index contributed by atoms with van der Waals surface area (Å²) in [5, 5.41) is 11.7. The predicted molar refractivity (Wildman–Crippen MR) is 68.2 cm³/mol. The van der Waals surface area contributed by atoms with Gasteiger partial charge in [0.05, 0.1) is 7.11 Å². The van der Waals surface area contributed by atoms with E-state index in [2.05, 4.69) is 15.3 Å². The Morgan fingerprint density at radius 3 is 2.68 bits per heavy atom. The third kappa shape index (κ3) is 2.60. The fourth-order valence-corrected chi connectivity index (χ4v) is 1.57. The maximum atomic E-state index is 13.6. The molecule has 0 amide bonds. The zero-order chi connectivity index (χ0) is 13.8. The highest BCUT2D eigenvalue weighted by molar-refractivity contribution is 5.59. The number of nitriles is 1. The van der Waals surface area contributed by atoms with Crippen molar-refractivity contribution < 1.29 is 9.13 Å². The van der Waals surface area contributed by atoms with Gasteiger partial charge in [0.1, 0.15) is 17.6 Å². The van der Waals surface area contributed by atoms with Crippen LogP contribution in [-0.4, -0.2) is 24.1 Å². The maximum Gasteiger partial charge on any atom is 0.165 e. The van der Waals surface area contributed by atoms with Crippen LogP contribution in [0.25, 0.3) is 11.4 Å². The number of ether oxygens (including phenoxy) is 1. The smallest absolute Gasteiger partial charge is 0.165 e. The molecule has 6 heteroatoms. The number of rotatable bonds is 3. The highest BCUT2D eigenvalue weighted by atomic mass is 19.1. The molecule has 1 aromatic heterocycles. The Balaban J connectivity index is 2.52. The van der Waals surface area contributed by atoms with E-state index in [0.29, 0.717) is 11.4 Å². The van der Waals surface area contributed by atoms with E-state index in [4.69, 9.17) is 10.00 Å². The molecule has 5 nitrogen and oxygen atoms in total. The summed E-state index contributed by atoms with van der Waals surface area (Å²) in [6.45, 7) is 0. The van der Waals surface area contributed by atoms with E-state index in [-0.39, 0.29) is 17.3 Å². The van der Waals surface area contributed by atoms with Gasteiger partial charge in [-0.25, -0.2) is 14.4 Å². The number of benzene rings is 1. The normalized spacial score (nSPS) is 9.79. The second-order valence-corrected chi connectivity index (χ2v) is 3.67. The topological polar surface area (TPSA) is 70.8 Å². The van der Waals surface area contributed by atoms with Crippen molar-refractivity contribution in [2.24, 2.45) is 0 Å². The molecular weight excluding hydrogens is 247 g/mol. The fourth-order valence-electron chi connectivity index (χ4n) is 1.57. The van der Waals surface area contributed by atoms with E-state index in [1.165, 1.54) is 25.3 Å². The van der Waals surface area contributed by atoms with Gasteiger partial charge in [-0.3, -0.25) is 0 Å². The lowest BCUT2D eigenvalue weighted by molar-refractivity contribution is 0.386.